The first kappa shape index (κ1) is 20.2. The van der Waals surface area contributed by atoms with Crippen LogP contribution in [0.3, 0.4) is 0 Å². The molecule has 152 valence electrons. The van der Waals surface area contributed by atoms with E-state index >= 15 is 0 Å². The monoisotopic (exact) mass is 384 g/mol. The standard InChI is InChI=1S/C20H28N6O.CH4/c1-24-9-11-25(12-10-24)16-5-6-17(23-20(27)18-14-21-15-22-18)19(13-16)26-7-3-2-4-8-26;/h5-6,13-15H,2-4,7-12H2,1H3,(H,21,22)(H,23,27);1H4. The molecule has 0 spiro atoms. The van der Waals surface area contributed by atoms with E-state index in [4.69, 9.17) is 0 Å². The van der Waals surface area contributed by atoms with Gasteiger partial charge in [0, 0.05) is 45.0 Å². The maximum Gasteiger partial charge on any atom is 0.273 e. The van der Waals surface area contributed by atoms with E-state index in [9.17, 15) is 4.79 Å². The van der Waals surface area contributed by atoms with E-state index in [-0.39, 0.29) is 13.3 Å². The zero-order valence-corrected chi connectivity index (χ0v) is 15.9. The van der Waals surface area contributed by atoms with Gasteiger partial charge in [-0.2, -0.15) is 0 Å². The number of nitrogens with zero attached hydrogens (tertiary/aromatic N) is 4. The van der Waals surface area contributed by atoms with Gasteiger partial charge in [-0.1, -0.05) is 7.43 Å². The van der Waals surface area contributed by atoms with Crippen molar-refractivity contribution >= 4 is 23.0 Å². The summed E-state index contributed by atoms with van der Waals surface area (Å²) in [6.07, 6.45) is 6.76. The van der Waals surface area contributed by atoms with Gasteiger partial charge in [0.1, 0.15) is 5.69 Å². The third kappa shape index (κ3) is 4.47. The van der Waals surface area contributed by atoms with E-state index < -0.39 is 0 Å². The van der Waals surface area contributed by atoms with Crippen molar-refractivity contribution in [3.8, 4) is 0 Å². The number of hydrogen-bond acceptors (Lipinski definition) is 5. The fourth-order valence-corrected chi connectivity index (χ4v) is 3.85. The second-order valence-corrected chi connectivity index (χ2v) is 7.46. The van der Waals surface area contributed by atoms with Crippen LogP contribution in [0.4, 0.5) is 17.1 Å². The Morgan fingerprint density at radius 1 is 1.04 bits per heavy atom. The molecule has 2 aliphatic rings. The van der Waals surface area contributed by atoms with Crippen LogP contribution < -0.4 is 15.1 Å². The number of H-pyrrole nitrogens is 1. The summed E-state index contributed by atoms with van der Waals surface area (Å²) in [7, 11) is 2.17. The van der Waals surface area contributed by atoms with Crippen molar-refractivity contribution in [1.82, 2.24) is 14.9 Å². The molecule has 3 heterocycles. The number of anilines is 3. The topological polar surface area (TPSA) is 67.5 Å². The number of aromatic nitrogens is 2. The van der Waals surface area contributed by atoms with Crippen molar-refractivity contribution in [3.05, 3.63) is 36.4 Å². The summed E-state index contributed by atoms with van der Waals surface area (Å²) in [6, 6.07) is 6.42. The lowest BCUT2D eigenvalue weighted by Crippen LogP contribution is -2.44. The first-order valence-electron chi connectivity index (χ1n) is 9.83. The Labute approximate surface area is 167 Å². The van der Waals surface area contributed by atoms with Gasteiger partial charge < -0.3 is 25.0 Å². The molecular weight excluding hydrogens is 352 g/mol. The molecule has 1 aromatic carbocycles. The van der Waals surface area contributed by atoms with E-state index in [1.54, 1.807) is 6.20 Å². The predicted octanol–water partition coefficient (Wildman–Crippen LogP) is 3.04. The normalized spacial score (nSPS) is 17.9. The maximum absolute atomic E-state index is 12.5. The minimum Gasteiger partial charge on any atom is -0.370 e. The smallest absolute Gasteiger partial charge is 0.273 e. The predicted molar refractivity (Wildman–Crippen MR) is 115 cm³/mol. The molecule has 0 atom stereocenters. The molecular formula is C21H32N6O. The first-order valence-corrected chi connectivity index (χ1v) is 9.83. The molecule has 7 nitrogen and oxygen atoms in total. The summed E-state index contributed by atoms with van der Waals surface area (Å²) in [6.45, 7) is 6.32. The second kappa shape index (κ2) is 9.10. The van der Waals surface area contributed by atoms with Gasteiger partial charge >= 0.3 is 0 Å². The molecule has 1 aromatic heterocycles. The van der Waals surface area contributed by atoms with Crippen molar-refractivity contribution in [2.75, 3.05) is 61.4 Å². The third-order valence-corrected chi connectivity index (χ3v) is 5.54. The number of piperazine rings is 1. The van der Waals surface area contributed by atoms with Gasteiger partial charge in [0.25, 0.3) is 5.91 Å². The number of aromatic amines is 1. The van der Waals surface area contributed by atoms with Crippen LogP contribution in [0.25, 0.3) is 0 Å². The minimum atomic E-state index is -0.155. The highest BCUT2D eigenvalue weighted by molar-refractivity contribution is 6.04. The summed E-state index contributed by atoms with van der Waals surface area (Å²) >= 11 is 0. The fourth-order valence-electron chi connectivity index (χ4n) is 3.85. The molecule has 28 heavy (non-hydrogen) atoms. The van der Waals surface area contributed by atoms with Crippen LogP contribution in [-0.4, -0.2) is 67.1 Å². The highest BCUT2D eigenvalue weighted by atomic mass is 16.1. The average Bonchev–Trinajstić information content (AvgIpc) is 3.25. The maximum atomic E-state index is 12.5. The summed E-state index contributed by atoms with van der Waals surface area (Å²) in [5, 5.41) is 3.07. The van der Waals surface area contributed by atoms with Gasteiger partial charge in [0.15, 0.2) is 0 Å². The van der Waals surface area contributed by atoms with Gasteiger partial charge in [-0.15, -0.1) is 0 Å². The van der Waals surface area contributed by atoms with Crippen LogP contribution in [0.5, 0.6) is 0 Å². The van der Waals surface area contributed by atoms with Crippen molar-refractivity contribution in [2.24, 2.45) is 0 Å². The fraction of sp³-hybridized carbons (Fsp3) is 0.524. The molecule has 0 unspecified atom stereocenters. The Hall–Kier alpha value is -2.54. The number of nitrogens with one attached hydrogen (secondary N) is 2. The Bertz CT molecular complexity index is 761. The molecule has 2 aromatic rings. The molecule has 0 radical (unpaired) electrons. The molecule has 1 amide bonds. The molecule has 2 fully saturated rings. The molecule has 0 saturated carbocycles. The zero-order chi connectivity index (χ0) is 18.6. The number of piperidine rings is 1. The van der Waals surface area contributed by atoms with Crippen LogP contribution >= 0.6 is 0 Å². The van der Waals surface area contributed by atoms with Crippen molar-refractivity contribution in [1.29, 1.82) is 0 Å². The SMILES string of the molecule is C.CN1CCN(c2ccc(NC(=O)c3cnc[nH]3)c(N3CCCCC3)c2)CC1. The van der Waals surface area contributed by atoms with Gasteiger partial charge in [-0.3, -0.25) is 4.79 Å². The zero-order valence-electron chi connectivity index (χ0n) is 15.9. The largest absolute Gasteiger partial charge is 0.370 e. The third-order valence-electron chi connectivity index (χ3n) is 5.54. The van der Waals surface area contributed by atoms with Crippen molar-refractivity contribution < 1.29 is 4.79 Å². The molecule has 4 rings (SSSR count). The molecule has 0 bridgehead atoms. The van der Waals surface area contributed by atoms with E-state index in [0.717, 1.165) is 50.6 Å². The highest BCUT2D eigenvalue weighted by Crippen LogP contribution is 2.33. The number of rotatable bonds is 4. The molecule has 7 heteroatoms. The van der Waals surface area contributed by atoms with Gasteiger partial charge in [0.2, 0.25) is 0 Å². The van der Waals surface area contributed by atoms with E-state index in [1.807, 2.05) is 6.07 Å². The van der Waals surface area contributed by atoms with Crippen LogP contribution in [0, 0.1) is 0 Å². The van der Waals surface area contributed by atoms with Crippen molar-refractivity contribution in [3.63, 3.8) is 0 Å². The summed E-state index contributed by atoms with van der Waals surface area (Å²) in [5.41, 5.74) is 3.71. The average molecular weight is 385 g/mol. The number of benzene rings is 1. The lowest BCUT2D eigenvalue weighted by molar-refractivity contribution is 0.102. The van der Waals surface area contributed by atoms with Gasteiger partial charge in [-0.05, 0) is 44.5 Å². The molecule has 0 aliphatic carbocycles. The summed E-state index contributed by atoms with van der Waals surface area (Å²) in [4.78, 5) is 26.5. The van der Waals surface area contributed by atoms with Crippen LogP contribution in [0.1, 0.15) is 37.2 Å². The van der Waals surface area contributed by atoms with Gasteiger partial charge in [0.05, 0.1) is 23.9 Å². The number of carbonyl (C=O) groups excluding carboxylic acids is 1. The summed E-state index contributed by atoms with van der Waals surface area (Å²) < 4.78 is 0. The lowest BCUT2D eigenvalue weighted by atomic mass is 10.1. The Kier molecular flexibility index (Phi) is 6.57. The second-order valence-electron chi connectivity index (χ2n) is 7.46. The minimum absolute atomic E-state index is 0. The number of hydrogen-bond donors (Lipinski definition) is 2. The number of carbonyl (C=O) groups is 1. The molecule has 2 N–H and O–H groups in total. The van der Waals surface area contributed by atoms with Gasteiger partial charge in [-0.25, -0.2) is 4.98 Å². The van der Waals surface area contributed by atoms with E-state index in [0.29, 0.717) is 5.69 Å². The Morgan fingerprint density at radius 2 is 1.79 bits per heavy atom. The van der Waals surface area contributed by atoms with Crippen LogP contribution in [0.15, 0.2) is 30.7 Å². The number of likely N-dealkylation sites (N-methyl/N-ethyl adjacent to an activating group) is 1. The van der Waals surface area contributed by atoms with E-state index in [1.165, 1.54) is 31.3 Å². The quantitative estimate of drug-likeness (QED) is 0.848. The number of imidazole rings is 1. The molecule has 2 aliphatic heterocycles. The lowest BCUT2D eigenvalue weighted by Gasteiger charge is -2.36. The van der Waals surface area contributed by atoms with Crippen molar-refractivity contribution in [2.45, 2.75) is 26.7 Å². The number of amides is 1. The summed E-state index contributed by atoms with van der Waals surface area (Å²) in [5.74, 6) is -0.155. The van der Waals surface area contributed by atoms with Crippen LogP contribution in [0.2, 0.25) is 0 Å². The highest BCUT2D eigenvalue weighted by Gasteiger charge is 2.20. The van der Waals surface area contributed by atoms with Crippen LogP contribution in [-0.2, 0) is 0 Å². The van der Waals surface area contributed by atoms with E-state index in [2.05, 4.69) is 49.2 Å². The Balaban J connectivity index is 0.00000225. The first-order chi connectivity index (χ1) is 13.2. The Morgan fingerprint density at radius 3 is 2.46 bits per heavy atom. The molecule has 2 saturated heterocycles.